The van der Waals surface area contributed by atoms with Gasteiger partial charge in [0, 0.05) is 5.39 Å². The number of anilines is 1. The molecule has 5 aromatic rings. The summed E-state index contributed by atoms with van der Waals surface area (Å²) in [6, 6.07) is 23.3. The molecule has 7 heteroatoms. The van der Waals surface area contributed by atoms with Crippen LogP contribution in [0.5, 0.6) is 0 Å². The van der Waals surface area contributed by atoms with Gasteiger partial charge in [-0.2, -0.15) is 0 Å². The van der Waals surface area contributed by atoms with Crippen LogP contribution >= 0.6 is 11.8 Å². The third kappa shape index (κ3) is 3.94. The van der Waals surface area contributed by atoms with Crippen LogP contribution in [0.3, 0.4) is 0 Å². The van der Waals surface area contributed by atoms with Crippen molar-refractivity contribution < 1.29 is 0 Å². The molecule has 158 valence electrons. The molecule has 0 aliphatic carbocycles. The summed E-state index contributed by atoms with van der Waals surface area (Å²) in [4.78, 5) is 27.2. The van der Waals surface area contributed by atoms with Crippen molar-refractivity contribution >= 4 is 39.4 Å². The Morgan fingerprint density at radius 1 is 0.844 bits per heavy atom. The number of rotatable bonds is 5. The van der Waals surface area contributed by atoms with E-state index in [1.807, 2.05) is 79.7 Å². The highest BCUT2D eigenvalue weighted by Crippen LogP contribution is 2.24. The summed E-state index contributed by atoms with van der Waals surface area (Å²) in [5, 5.41) is 2.07. The van der Waals surface area contributed by atoms with Crippen LogP contribution in [0, 0.1) is 6.92 Å². The summed E-state index contributed by atoms with van der Waals surface area (Å²) in [6.45, 7) is 2.49. The second kappa shape index (κ2) is 8.43. The van der Waals surface area contributed by atoms with Crippen LogP contribution < -0.4 is 11.3 Å². The van der Waals surface area contributed by atoms with Gasteiger partial charge in [-0.15, -0.1) is 0 Å². The van der Waals surface area contributed by atoms with Gasteiger partial charge in [-0.1, -0.05) is 65.9 Å². The second-order valence-electron chi connectivity index (χ2n) is 7.62. The summed E-state index contributed by atoms with van der Waals surface area (Å²) in [6.07, 6.45) is 0. The zero-order valence-corrected chi connectivity index (χ0v) is 18.3. The maximum absolute atomic E-state index is 13.3. The topological polar surface area (TPSA) is 86.7 Å². The molecular formula is C25H21N5OS. The lowest BCUT2D eigenvalue weighted by molar-refractivity contribution is 0.657. The van der Waals surface area contributed by atoms with Gasteiger partial charge in [-0.25, -0.2) is 15.0 Å². The van der Waals surface area contributed by atoms with Crippen LogP contribution in [-0.2, 0) is 12.3 Å². The molecule has 2 N–H and O–H groups in total. The molecular weight excluding hydrogens is 418 g/mol. The van der Waals surface area contributed by atoms with Gasteiger partial charge in [-0.05, 0) is 36.8 Å². The lowest BCUT2D eigenvalue weighted by atomic mass is 10.1. The Balaban J connectivity index is 1.53. The molecule has 0 saturated carbocycles. The number of nitrogen functional groups attached to an aromatic ring is 1. The number of hydrogen-bond donors (Lipinski definition) is 1. The molecule has 0 radical (unpaired) electrons. The molecule has 0 saturated heterocycles. The number of nitrogens with two attached hydrogens (primary N) is 1. The first-order chi connectivity index (χ1) is 15.6. The summed E-state index contributed by atoms with van der Waals surface area (Å²) in [5.41, 5.74) is 9.79. The first kappa shape index (κ1) is 20.2. The number of nitrogens with zero attached hydrogens (tertiary/aromatic N) is 4. The quantitative estimate of drug-likeness (QED) is 0.319. The van der Waals surface area contributed by atoms with E-state index in [4.69, 9.17) is 10.7 Å². The molecule has 32 heavy (non-hydrogen) atoms. The smallest absolute Gasteiger partial charge is 0.262 e. The van der Waals surface area contributed by atoms with Crippen molar-refractivity contribution in [2.75, 3.05) is 5.73 Å². The van der Waals surface area contributed by atoms with Crippen molar-refractivity contribution in [3.8, 4) is 0 Å². The van der Waals surface area contributed by atoms with Gasteiger partial charge < -0.3 is 5.73 Å². The average Bonchev–Trinajstić information content (AvgIpc) is 2.81. The van der Waals surface area contributed by atoms with Crippen LogP contribution in [0.2, 0.25) is 0 Å². The van der Waals surface area contributed by atoms with Crippen molar-refractivity contribution in [2.45, 2.75) is 24.4 Å². The molecule has 0 fully saturated rings. The lowest BCUT2D eigenvalue weighted by Gasteiger charge is -2.13. The molecule has 2 heterocycles. The SMILES string of the molecule is Cc1ccc(Cn2c(SCc3nc(N)c4ccccc4n3)nc3ccccc3c2=O)cc1. The maximum Gasteiger partial charge on any atom is 0.262 e. The van der Waals surface area contributed by atoms with E-state index in [-0.39, 0.29) is 5.56 Å². The largest absolute Gasteiger partial charge is 0.383 e. The highest BCUT2D eigenvalue weighted by molar-refractivity contribution is 7.98. The van der Waals surface area contributed by atoms with Gasteiger partial charge >= 0.3 is 0 Å². The first-order valence-corrected chi connectivity index (χ1v) is 11.3. The average molecular weight is 440 g/mol. The van der Waals surface area contributed by atoms with Gasteiger partial charge in [0.05, 0.1) is 28.7 Å². The molecule has 6 nitrogen and oxygen atoms in total. The van der Waals surface area contributed by atoms with Gasteiger partial charge in [0.1, 0.15) is 11.6 Å². The first-order valence-electron chi connectivity index (χ1n) is 10.3. The Morgan fingerprint density at radius 3 is 2.25 bits per heavy atom. The summed E-state index contributed by atoms with van der Waals surface area (Å²) < 4.78 is 1.72. The molecule has 0 atom stereocenters. The molecule has 0 bridgehead atoms. The third-order valence-corrected chi connectivity index (χ3v) is 6.27. The minimum Gasteiger partial charge on any atom is -0.383 e. The number of thioether (sulfide) groups is 1. The molecule has 0 unspecified atom stereocenters. The Morgan fingerprint density at radius 2 is 1.50 bits per heavy atom. The number of para-hydroxylation sites is 2. The zero-order chi connectivity index (χ0) is 22.1. The predicted octanol–water partition coefficient (Wildman–Crippen LogP) is 4.57. The Hall–Kier alpha value is -3.71. The maximum atomic E-state index is 13.3. The molecule has 3 aromatic carbocycles. The van der Waals surface area contributed by atoms with E-state index in [2.05, 4.69) is 9.97 Å². The van der Waals surface area contributed by atoms with Crippen molar-refractivity contribution in [3.63, 3.8) is 0 Å². The summed E-state index contributed by atoms with van der Waals surface area (Å²) >= 11 is 1.44. The van der Waals surface area contributed by atoms with E-state index >= 15 is 0 Å². The minimum atomic E-state index is -0.0578. The lowest BCUT2D eigenvalue weighted by Crippen LogP contribution is -2.24. The van der Waals surface area contributed by atoms with Gasteiger partial charge in [0.2, 0.25) is 0 Å². The van der Waals surface area contributed by atoms with Crippen molar-refractivity contribution in [3.05, 3.63) is 100 Å². The summed E-state index contributed by atoms with van der Waals surface area (Å²) in [7, 11) is 0. The number of aromatic nitrogens is 4. The third-order valence-electron chi connectivity index (χ3n) is 5.30. The highest BCUT2D eigenvalue weighted by atomic mass is 32.2. The van der Waals surface area contributed by atoms with Crippen molar-refractivity contribution in [1.82, 2.24) is 19.5 Å². The molecule has 2 aromatic heterocycles. The van der Waals surface area contributed by atoms with Crippen molar-refractivity contribution in [2.24, 2.45) is 0 Å². The van der Waals surface area contributed by atoms with Crippen LogP contribution in [-0.4, -0.2) is 19.5 Å². The molecule has 0 aliphatic heterocycles. The zero-order valence-electron chi connectivity index (χ0n) is 17.5. The fraction of sp³-hybridized carbons (Fsp3) is 0.120. The predicted molar refractivity (Wildman–Crippen MR) is 130 cm³/mol. The number of hydrogen-bond acceptors (Lipinski definition) is 6. The van der Waals surface area contributed by atoms with E-state index in [1.165, 1.54) is 17.3 Å². The molecule has 0 aliphatic rings. The number of aryl methyl sites for hydroxylation is 1. The van der Waals surface area contributed by atoms with Crippen LogP contribution in [0.15, 0.2) is 82.7 Å². The van der Waals surface area contributed by atoms with Crippen LogP contribution in [0.1, 0.15) is 17.0 Å². The molecule has 5 rings (SSSR count). The van der Waals surface area contributed by atoms with E-state index in [0.717, 1.165) is 16.5 Å². The normalized spacial score (nSPS) is 11.3. The Kier molecular flexibility index (Phi) is 5.33. The van der Waals surface area contributed by atoms with Crippen LogP contribution in [0.4, 0.5) is 5.82 Å². The fourth-order valence-corrected chi connectivity index (χ4v) is 4.47. The monoisotopic (exact) mass is 439 g/mol. The second-order valence-corrected chi connectivity index (χ2v) is 8.56. The van der Waals surface area contributed by atoms with Crippen LogP contribution in [0.25, 0.3) is 21.8 Å². The fourth-order valence-electron chi connectivity index (χ4n) is 3.62. The molecule has 0 spiro atoms. The van der Waals surface area contributed by atoms with Gasteiger partial charge in [-0.3, -0.25) is 9.36 Å². The van der Waals surface area contributed by atoms with E-state index < -0.39 is 0 Å². The van der Waals surface area contributed by atoms with E-state index in [1.54, 1.807) is 4.57 Å². The van der Waals surface area contributed by atoms with Crippen molar-refractivity contribution in [1.29, 1.82) is 0 Å². The Labute approximate surface area is 189 Å². The van der Waals surface area contributed by atoms with Gasteiger partial charge in [0.25, 0.3) is 5.56 Å². The van der Waals surface area contributed by atoms with Gasteiger partial charge in [0.15, 0.2) is 5.16 Å². The Bertz CT molecular complexity index is 1490. The highest BCUT2D eigenvalue weighted by Gasteiger charge is 2.14. The van der Waals surface area contributed by atoms with E-state index in [0.29, 0.717) is 40.0 Å². The number of fused-ring (bicyclic) bond motifs is 2. The number of benzene rings is 3. The minimum absolute atomic E-state index is 0.0578. The molecule has 0 amide bonds. The standard InChI is InChI=1S/C25H21N5OS/c1-16-10-12-17(13-11-16)14-30-24(31)19-7-3-5-9-21(19)28-25(30)32-15-22-27-20-8-4-2-6-18(20)23(26)29-22/h2-13H,14-15H2,1H3,(H2,26,27,29). The summed E-state index contributed by atoms with van der Waals surface area (Å²) in [5.74, 6) is 1.51. The van der Waals surface area contributed by atoms with E-state index in [9.17, 15) is 4.79 Å².